The first-order valence-corrected chi connectivity index (χ1v) is 8.96. The molecule has 4 atom stereocenters. The lowest BCUT2D eigenvalue weighted by atomic mass is 9.66. The molecule has 1 aromatic carbocycles. The molecular formula is C18H23NO2S. The number of allylic oxidation sites excluding steroid dienone is 1. The van der Waals surface area contributed by atoms with Crippen molar-refractivity contribution < 1.29 is 9.00 Å². The second-order valence-corrected chi connectivity index (χ2v) is 8.57. The molecule has 2 unspecified atom stereocenters. The van der Waals surface area contributed by atoms with Gasteiger partial charge in [0.1, 0.15) is 4.75 Å². The van der Waals surface area contributed by atoms with Crippen LogP contribution in [0.1, 0.15) is 44.4 Å². The van der Waals surface area contributed by atoms with E-state index < -0.39 is 21.0 Å². The highest BCUT2D eigenvalue weighted by Crippen LogP contribution is 2.62. The maximum atomic E-state index is 13.4. The van der Waals surface area contributed by atoms with E-state index in [-0.39, 0.29) is 11.2 Å². The number of hydrogen-bond donors (Lipinski definition) is 0. The molecule has 0 aliphatic carbocycles. The number of anilines is 1. The average molecular weight is 317 g/mol. The highest BCUT2D eigenvalue weighted by molar-refractivity contribution is 7.88. The highest BCUT2D eigenvalue weighted by atomic mass is 32.2. The van der Waals surface area contributed by atoms with Crippen molar-refractivity contribution in [2.45, 2.75) is 43.6 Å². The first-order valence-electron chi connectivity index (χ1n) is 7.75. The van der Waals surface area contributed by atoms with Crippen LogP contribution in [0.2, 0.25) is 0 Å². The maximum Gasteiger partial charge on any atom is 0.246 e. The van der Waals surface area contributed by atoms with Gasteiger partial charge in [-0.1, -0.05) is 44.2 Å². The molecule has 2 heterocycles. The standard InChI is InChI=1S/C18H23NO2S/c1-6-18-16(20)19(5)14-10-8-7-9-13(14)15(22(18)21)11-17(18,4)12(2)3/h7-10,15H,2,6,11H2,1,3-5H3/t15?,17-,18-,22?/m1/s1. The first-order chi connectivity index (χ1) is 10.3. The normalized spacial score (nSPS) is 36.9. The van der Waals surface area contributed by atoms with Gasteiger partial charge in [0, 0.05) is 28.9 Å². The van der Waals surface area contributed by atoms with Gasteiger partial charge in [-0.05, 0) is 31.4 Å². The molecule has 1 saturated heterocycles. The molecule has 118 valence electrons. The van der Waals surface area contributed by atoms with Crippen molar-refractivity contribution in [3.8, 4) is 0 Å². The zero-order chi connectivity index (χ0) is 16.3. The number of para-hydroxylation sites is 1. The quantitative estimate of drug-likeness (QED) is 0.782. The predicted octanol–water partition coefficient (Wildman–Crippen LogP) is 3.59. The number of hydrogen-bond acceptors (Lipinski definition) is 2. The van der Waals surface area contributed by atoms with E-state index in [0.717, 1.165) is 23.2 Å². The van der Waals surface area contributed by atoms with Gasteiger partial charge in [-0.3, -0.25) is 9.00 Å². The Hall–Kier alpha value is -1.42. The number of amides is 1. The zero-order valence-electron chi connectivity index (χ0n) is 13.7. The summed E-state index contributed by atoms with van der Waals surface area (Å²) in [5.74, 6) is -0.0358. The molecule has 1 aromatic rings. The van der Waals surface area contributed by atoms with Crippen molar-refractivity contribution in [1.29, 1.82) is 0 Å². The minimum absolute atomic E-state index is 0.0358. The van der Waals surface area contributed by atoms with Gasteiger partial charge in [0.2, 0.25) is 5.91 Å². The fraction of sp³-hybridized carbons (Fsp3) is 0.500. The summed E-state index contributed by atoms with van der Waals surface area (Å²) in [6.07, 6.45) is 1.29. The van der Waals surface area contributed by atoms with E-state index in [0.29, 0.717) is 6.42 Å². The number of rotatable bonds is 2. The molecule has 3 rings (SSSR count). The minimum atomic E-state index is -1.25. The second kappa shape index (κ2) is 4.79. The van der Waals surface area contributed by atoms with Gasteiger partial charge in [-0.25, -0.2) is 0 Å². The van der Waals surface area contributed by atoms with Crippen LogP contribution in [-0.4, -0.2) is 21.9 Å². The van der Waals surface area contributed by atoms with Crippen LogP contribution < -0.4 is 4.90 Å². The summed E-state index contributed by atoms with van der Waals surface area (Å²) in [5, 5.41) is -0.105. The fourth-order valence-electron chi connectivity index (χ4n) is 4.27. The molecule has 2 bridgehead atoms. The van der Waals surface area contributed by atoms with Gasteiger partial charge in [-0.2, -0.15) is 0 Å². The topological polar surface area (TPSA) is 37.4 Å². The number of carbonyl (C=O) groups is 1. The van der Waals surface area contributed by atoms with Gasteiger partial charge in [0.15, 0.2) is 0 Å². The van der Waals surface area contributed by atoms with Crippen LogP contribution in [0.15, 0.2) is 36.4 Å². The minimum Gasteiger partial charge on any atom is -0.314 e. The van der Waals surface area contributed by atoms with Gasteiger partial charge < -0.3 is 4.90 Å². The number of benzene rings is 1. The Bertz CT molecular complexity index is 698. The lowest BCUT2D eigenvalue weighted by molar-refractivity contribution is -0.123. The van der Waals surface area contributed by atoms with E-state index in [4.69, 9.17) is 0 Å². The third kappa shape index (κ3) is 1.56. The Labute approximate surface area is 134 Å². The molecule has 0 saturated carbocycles. The Morgan fingerprint density at radius 2 is 2.09 bits per heavy atom. The summed E-state index contributed by atoms with van der Waals surface area (Å²) in [6, 6.07) is 7.86. The Balaban J connectivity index is 2.35. The zero-order valence-corrected chi connectivity index (χ0v) is 14.5. The molecule has 0 radical (unpaired) electrons. The van der Waals surface area contributed by atoms with Crippen molar-refractivity contribution in [1.82, 2.24) is 0 Å². The van der Waals surface area contributed by atoms with Gasteiger partial charge in [0.25, 0.3) is 0 Å². The van der Waals surface area contributed by atoms with Crippen LogP contribution in [0.3, 0.4) is 0 Å². The summed E-state index contributed by atoms with van der Waals surface area (Å²) in [4.78, 5) is 15.0. The first kappa shape index (κ1) is 15.5. The van der Waals surface area contributed by atoms with E-state index in [2.05, 4.69) is 13.5 Å². The Morgan fingerprint density at radius 3 is 2.68 bits per heavy atom. The molecule has 4 heteroatoms. The van der Waals surface area contributed by atoms with Crippen molar-refractivity contribution >= 4 is 22.4 Å². The monoisotopic (exact) mass is 317 g/mol. The SMILES string of the molecule is C=C(C)[C@@]1(C)CC2c3ccccc3N(C)C(=O)[C@@]1(CC)S2=O. The molecule has 0 N–H and O–H groups in total. The van der Waals surface area contributed by atoms with Crippen LogP contribution in [-0.2, 0) is 15.6 Å². The highest BCUT2D eigenvalue weighted by Gasteiger charge is 2.67. The third-order valence-corrected chi connectivity index (χ3v) is 8.36. The van der Waals surface area contributed by atoms with Crippen molar-refractivity contribution in [3.63, 3.8) is 0 Å². The Kier molecular flexibility index (Phi) is 3.37. The van der Waals surface area contributed by atoms with Crippen LogP contribution in [0.5, 0.6) is 0 Å². The van der Waals surface area contributed by atoms with Crippen molar-refractivity contribution in [2.24, 2.45) is 5.41 Å². The van der Waals surface area contributed by atoms with Crippen molar-refractivity contribution in [2.75, 3.05) is 11.9 Å². The summed E-state index contributed by atoms with van der Waals surface area (Å²) in [5.41, 5.74) is 2.43. The Morgan fingerprint density at radius 1 is 1.45 bits per heavy atom. The van der Waals surface area contributed by atoms with E-state index in [1.165, 1.54) is 0 Å². The molecule has 3 nitrogen and oxygen atoms in total. The second-order valence-electron chi connectivity index (χ2n) is 6.71. The molecule has 0 spiro atoms. The summed E-state index contributed by atoms with van der Waals surface area (Å²) in [7, 11) is 0.552. The molecule has 1 amide bonds. The van der Waals surface area contributed by atoms with Crippen molar-refractivity contribution in [3.05, 3.63) is 42.0 Å². The molecule has 0 aromatic heterocycles. The molecule has 22 heavy (non-hydrogen) atoms. The summed E-state index contributed by atoms with van der Waals surface area (Å²) < 4.78 is 12.5. The fourth-order valence-corrected chi connectivity index (χ4v) is 6.97. The van der Waals surface area contributed by atoms with E-state index >= 15 is 0 Å². The van der Waals surface area contributed by atoms with Gasteiger partial charge in [0.05, 0.1) is 5.25 Å². The maximum absolute atomic E-state index is 13.4. The average Bonchev–Trinajstić information content (AvgIpc) is 2.72. The van der Waals surface area contributed by atoms with Gasteiger partial charge in [-0.15, -0.1) is 0 Å². The largest absolute Gasteiger partial charge is 0.314 e. The summed E-state index contributed by atoms with van der Waals surface area (Å²) in [6.45, 7) is 10.1. The predicted molar refractivity (Wildman–Crippen MR) is 91.3 cm³/mol. The smallest absolute Gasteiger partial charge is 0.246 e. The van der Waals surface area contributed by atoms with Gasteiger partial charge >= 0.3 is 0 Å². The number of nitrogens with zero attached hydrogens (tertiary/aromatic N) is 1. The lowest BCUT2D eigenvalue weighted by Gasteiger charge is -2.43. The number of fused-ring (bicyclic) bond motifs is 4. The van der Waals surface area contributed by atoms with Crippen LogP contribution in [0.4, 0.5) is 5.69 Å². The number of carbonyl (C=O) groups excluding carboxylic acids is 1. The molecular weight excluding hydrogens is 294 g/mol. The lowest BCUT2D eigenvalue weighted by Crippen LogP contribution is -2.56. The van der Waals surface area contributed by atoms with Crippen LogP contribution in [0, 0.1) is 5.41 Å². The van der Waals surface area contributed by atoms with E-state index in [1.54, 1.807) is 11.9 Å². The molecule has 2 aliphatic rings. The third-order valence-electron chi connectivity index (χ3n) is 5.82. The molecule has 2 aliphatic heterocycles. The van der Waals surface area contributed by atoms with Crippen LogP contribution >= 0.6 is 0 Å². The van der Waals surface area contributed by atoms with E-state index in [9.17, 15) is 9.00 Å². The van der Waals surface area contributed by atoms with Crippen LogP contribution in [0.25, 0.3) is 0 Å². The summed E-state index contributed by atoms with van der Waals surface area (Å²) >= 11 is 0. The molecule has 1 fully saturated rings. The van der Waals surface area contributed by atoms with E-state index in [1.807, 2.05) is 38.1 Å².